The van der Waals surface area contributed by atoms with Crippen molar-refractivity contribution in [1.29, 1.82) is 5.26 Å². The highest BCUT2D eigenvalue weighted by atomic mass is 16.6. The van der Waals surface area contributed by atoms with E-state index in [1.807, 2.05) is 6.07 Å². The second-order valence-corrected chi connectivity index (χ2v) is 7.05. The number of benzene rings is 2. The number of nitrogens with one attached hydrogen (secondary N) is 1. The Hall–Kier alpha value is -4.19. The van der Waals surface area contributed by atoms with Crippen LogP contribution in [0.15, 0.2) is 36.4 Å². The van der Waals surface area contributed by atoms with Crippen molar-refractivity contribution in [3.05, 3.63) is 58.7 Å². The Labute approximate surface area is 184 Å². The van der Waals surface area contributed by atoms with E-state index in [9.17, 15) is 19.2 Å². The summed E-state index contributed by atoms with van der Waals surface area (Å²) in [5.41, 5.74) is 2.10. The Morgan fingerprint density at radius 2 is 1.97 bits per heavy atom. The van der Waals surface area contributed by atoms with Gasteiger partial charge in [-0.2, -0.15) is 5.26 Å². The maximum atomic E-state index is 12.8. The first kappa shape index (κ1) is 22.5. The van der Waals surface area contributed by atoms with Crippen LogP contribution in [0.5, 0.6) is 5.75 Å². The van der Waals surface area contributed by atoms with Crippen LogP contribution < -0.4 is 10.1 Å². The van der Waals surface area contributed by atoms with E-state index in [0.29, 0.717) is 16.7 Å². The van der Waals surface area contributed by atoms with Gasteiger partial charge in [0, 0.05) is 24.6 Å². The Balaban J connectivity index is 1.75. The number of ether oxygens (including phenoxy) is 2. The Kier molecular flexibility index (Phi) is 6.85. The number of nitrogens with zero attached hydrogens (tertiary/aromatic N) is 2. The van der Waals surface area contributed by atoms with Crippen LogP contribution in [0.2, 0.25) is 0 Å². The van der Waals surface area contributed by atoms with Gasteiger partial charge in [0.05, 0.1) is 30.5 Å². The van der Waals surface area contributed by atoms with Gasteiger partial charge in [0.25, 0.3) is 5.91 Å². The summed E-state index contributed by atoms with van der Waals surface area (Å²) >= 11 is 0. The minimum absolute atomic E-state index is 0.169. The van der Waals surface area contributed by atoms with Gasteiger partial charge in [-0.15, -0.1) is 0 Å². The van der Waals surface area contributed by atoms with Crippen LogP contribution in [-0.4, -0.2) is 48.2 Å². The molecule has 0 radical (unpaired) electrons. The van der Waals surface area contributed by atoms with Crippen molar-refractivity contribution in [2.75, 3.05) is 25.1 Å². The van der Waals surface area contributed by atoms with Crippen LogP contribution in [0.25, 0.3) is 0 Å². The molecule has 1 aliphatic rings. The molecule has 0 fully saturated rings. The standard InChI is InChI=1S/C23H21N3O6/c1-3-31-22(29)13-32-21-7-5-16(9-19(21)25-14(2)27)20(28)12-26-11-17-8-15(10-24)4-6-18(17)23(26)30/h4-9H,3,11-13H2,1-2H3,(H,25,27). The molecule has 2 aromatic rings. The summed E-state index contributed by atoms with van der Waals surface area (Å²) in [6.45, 7) is 2.91. The predicted octanol–water partition coefficient (Wildman–Crippen LogP) is 2.30. The molecule has 0 unspecified atom stereocenters. The quantitative estimate of drug-likeness (QED) is 0.498. The highest BCUT2D eigenvalue weighted by Crippen LogP contribution is 2.28. The molecule has 1 aliphatic heterocycles. The largest absolute Gasteiger partial charge is 0.480 e. The molecule has 164 valence electrons. The molecule has 3 rings (SSSR count). The molecule has 0 saturated carbocycles. The molecule has 2 amide bonds. The lowest BCUT2D eigenvalue weighted by Crippen LogP contribution is -2.30. The molecule has 0 spiro atoms. The molecule has 9 nitrogen and oxygen atoms in total. The number of nitriles is 1. The van der Waals surface area contributed by atoms with E-state index in [0.717, 1.165) is 0 Å². The third kappa shape index (κ3) is 5.10. The van der Waals surface area contributed by atoms with Gasteiger partial charge in [-0.1, -0.05) is 0 Å². The zero-order valence-corrected chi connectivity index (χ0v) is 17.6. The van der Waals surface area contributed by atoms with E-state index < -0.39 is 5.97 Å². The number of rotatable bonds is 8. The zero-order valence-electron chi connectivity index (χ0n) is 17.6. The summed E-state index contributed by atoms with van der Waals surface area (Å²) in [5.74, 6) is -1.36. The lowest BCUT2D eigenvalue weighted by atomic mass is 10.1. The first-order valence-electron chi connectivity index (χ1n) is 9.88. The molecular weight excluding hydrogens is 414 g/mol. The number of carbonyl (C=O) groups excluding carboxylic acids is 4. The van der Waals surface area contributed by atoms with Crippen LogP contribution >= 0.6 is 0 Å². The fraction of sp³-hybridized carbons (Fsp3) is 0.261. The monoisotopic (exact) mass is 435 g/mol. The van der Waals surface area contributed by atoms with Crippen molar-refractivity contribution < 1.29 is 28.7 Å². The molecule has 1 heterocycles. The lowest BCUT2D eigenvalue weighted by molar-refractivity contribution is -0.145. The van der Waals surface area contributed by atoms with Crippen molar-refractivity contribution in [2.45, 2.75) is 20.4 Å². The van der Waals surface area contributed by atoms with Crippen LogP contribution in [0, 0.1) is 11.3 Å². The molecule has 0 bridgehead atoms. The molecule has 0 aliphatic carbocycles. The van der Waals surface area contributed by atoms with E-state index in [2.05, 4.69) is 5.32 Å². The minimum atomic E-state index is -0.562. The Bertz CT molecular complexity index is 1140. The number of hydrogen-bond donors (Lipinski definition) is 1. The van der Waals surface area contributed by atoms with Gasteiger partial charge in [0.2, 0.25) is 5.91 Å². The van der Waals surface area contributed by atoms with Gasteiger partial charge in [0.15, 0.2) is 12.4 Å². The zero-order chi connectivity index (χ0) is 23.3. The first-order valence-corrected chi connectivity index (χ1v) is 9.88. The first-order chi connectivity index (χ1) is 15.3. The Morgan fingerprint density at radius 1 is 1.19 bits per heavy atom. The number of amides is 2. The number of Topliss-reactive ketones (excluding diaryl/α,β-unsaturated/α-hetero) is 1. The predicted molar refractivity (Wildman–Crippen MR) is 113 cm³/mol. The number of ketones is 1. The van der Waals surface area contributed by atoms with Crippen molar-refractivity contribution in [2.24, 2.45) is 0 Å². The highest BCUT2D eigenvalue weighted by Gasteiger charge is 2.29. The molecule has 9 heteroatoms. The van der Waals surface area contributed by atoms with Crippen LogP contribution in [-0.2, 0) is 20.9 Å². The SMILES string of the molecule is CCOC(=O)COc1ccc(C(=O)CN2Cc3cc(C#N)ccc3C2=O)cc1NC(C)=O. The minimum Gasteiger partial charge on any atom is -0.480 e. The number of anilines is 1. The van der Waals surface area contributed by atoms with E-state index >= 15 is 0 Å². The number of hydrogen-bond acceptors (Lipinski definition) is 7. The van der Waals surface area contributed by atoms with Crippen molar-refractivity contribution in [1.82, 2.24) is 4.90 Å². The highest BCUT2D eigenvalue weighted by molar-refractivity contribution is 6.05. The maximum absolute atomic E-state index is 12.8. The Morgan fingerprint density at radius 3 is 2.66 bits per heavy atom. The van der Waals surface area contributed by atoms with E-state index in [-0.39, 0.29) is 60.9 Å². The van der Waals surface area contributed by atoms with Gasteiger partial charge >= 0.3 is 5.97 Å². The van der Waals surface area contributed by atoms with Crippen LogP contribution in [0.3, 0.4) is 0 Å². The number of fused-ring (bicyclic) bond motifs is 1. The lowest BCUT2D eigenvalue weighted by Gasteiger charge is -2.16. The van der Waals surface area contributed by atoms with E-state index in [1.165, 1.54) is 30.0 Å². The third-order valence-electron chi connectivity index (χ3n) is 4.71. The molecule has 1 N–H and O–H groups in total. The van der Waals surface area contributed by atoms with Gasteiger partial charge in [-0.25, -0.2) is 4.79 Å². The topological polar surface area (TPSA) is 126 Å². The summed E-state index contributed by atoms with van der Waals surface area (Å²) in [5, 5.41) is 11.6. The molecule has 0 aromatic heterocycles. The van der Waals surface area contributed by atoms with E-state index in [4.69, 9.17) is 14.7 Å². The average molecular weight is 435 g/mol. The summed E-state index contributed by atoms with van der Waals surface area (Å²) in [4.78, 5) is 50.0. The van der Waals surface area contributed by atoms with Crippen LogP contribution in [0.1, 0.15) is 45.7 Å². The number of carbonyl (C=O) groups is 4. The van der Waals surface area contributed by atoms with Gasteiger partial charge in [0.1, 0.15) is 5.75 Å². The van der Waals surface area contributed by atoms with Gasteiger partial charge in [-0.05, 0) is 48.9 Å². The second-order valence-electron chi connectivity index (χ2n) is 7.05. The van der Waals surface area contributed by atoms with Gasteiger partial charge < -0.3 is 19.7 Å². The molecule has 32 heavy (non-hydrogen) atoms. The van der Waals surface area contributed by atoms with Gasteiger partial charge in [-0.3, -0.25) is 14.4 Å². The third-order valence-corrected chi connectivity index (χ3v) is 4.71. The maximum Gasteiger partial charge on any atom is 0.344 e. The molecular formula is C23H21N3O6. The summed E-state index contributed by atoms with van der Waals surface area (Å²) in [6, 6.07) is 11.2. The van der Waals surface area contributed by atoms with Crippen LogP contribution in [0.4, 0.5) is 5.69 Å². The number of esters is 1. The molecule has 0 saturated heterocycles. The normalized spacial score (nSPS) is 12.0. The average Bonchev–Trinajstić information content (AvgIpc) is 3.07. The second kappa shape index (κ2) is 9.75. The van der Waals surface area contributed by atoms with Crippen molar-refractivity contribution in [3.8, 4) is 11.8 Å². The molecule has 2 aromatic carbocycles. The van der Waals surface area contributed by atoms with E-state index in [1.54, 1.807) is 25.1 Å². The fourth-order valence-electron chi connectivity index (χ4n) is 3.30. The summed E-state index contributed by atoms with van der Waals surface area (Å²) in [6.07, 6.45) is 0. The summed E-state index contributed by atoms with van der Waals surface area (Å²) < 4.78 is 10.2. The van der Waals surface area contributed by atoms with Crippen molar-refractivity contribution in [3.63, 3.8) is 0 Å². The molecule has 0 atom stereocenters. The van der Waals surface area contributed by atoms with Crippen molar-refractivity contribution >= 4 is 29.3 Å². The smallest absolute Gasteiger partial charge is 0.344 e. The fourth-order valence-corrected chi connectivity index (χ4v) is 3.30. The summed E-state index contributed by atoms with van der Waals surface area (Å²) in [7, 11) is 0.